The molecule has 2 atom stereocenters. The van der Waals surface area contributed by atoms with Crippen molar-refractivity contribution in [3.05, 3.63) is 78.1 Å². The number of hydrogen-bond acceptors (Lipinski definition) is 2. The number of pyridine rings is 1. The molecule has 96 valence electrons. The molecule has 1 N–H and O–H groups in total. The molecule has 19 heavy (non-hydrogen) atoms. The van der Waals surface area contributed by atoms with Gasteiger partial charge >= 0.3 is 0 Å². The molecule has 3 rings (SSSR count). The van der Waals surface area contributed by atoms with Crippen molar-refractivity contribution in [1.29, 1.82) is 0 Å². The molecule has 1 heterocycles. The molecule has 2 heteroatoms. The summed E-state index contributed by atoms with van der Waals surface area (Å²) >= 11 is 0. The minimum absolute atomic E-state index is 0.0219. The summed E-state index contributed by atoms with van der Waals surface area (Å²) in [6.45, 7) is 3.86. The van der Waals surface area contributed by atoms with Gasteiger partial charge in [0, 0.05) is 18.3 Å². The highest BCUT2D eigenvalue weighted by Crippen LogP contribution is 2.45. The Balaban J connectivity index is 2.12. The Labute approximate surface area is 113 Å². The molecule has 0 unspecified atom stereocenters. The standard InChI is InChI=1S/C17H17NO/c1-2-17(19)15-8-4-3-6-13(15)9-10-16(17)14-7-5-11-18-12-14/h2-8,11-12,16,19H,1,9-10H2/t16-,17-/m1/s1. The van der Waals surface area contributed by atoms with Gasteiger partial charge in [-0.05, 0) is 35.6 Å². The number of benzene rings is 1. The van der Waals surface area contributed by atoms with Crippen molar-refractivity contribution >= 4 is 0 Å². The van der Waals surface area contributed by atoms with Crippen molar-refractivity contribution in [3.8, 4) is 0 Å². The van der Waals surface area contributed by atoms with Crippen LogP contribution in [0.3, 0.4) is 0 Å². The van der Waals surface area contributed by atoms with E-state index < -0.39 is 5.60 Å². The third kappa shape index (κ3) is 1.89. The summed E-state index contributed by atoms with van der Waals surface area (Å²) in [5.74, 6) is 0.0219. The monoisotopic (exact) mass is 251 g/mol. The van der Waals surface area contributed by atoms with Gasteiger partial charge in [-0.1, -0.05) is 43.0 Å². The van der Waals surface area contributed by atoms with E-state index in [-0.39, 0.29) is 5.92 Å². The average molecular weight is 251 g/mol. The molecule has 1 aromatic carbocycles. The fraction of sp³-hybridized carbons (Fsp3) is 0.235. The highest BCUT2D eigenvalue weighted by Gasteiger charge is 2.40. The van der Waals surface area contributed by atoms with Crippen molar-refractivity contribution < 1.29 is 5.11 Å². The summed E-state index contributed by atoms with van der Waals surface area (Å²) in [5, 5.41) is 11.1. The van der Waals surface area contributed by atoms with E-state index in [2.05, 4.69) is 17.6 Å². The summed E-state index contributed by atoms with van der Waals surface area (Å²) in [4.78, 5) is 4.17. The third-order valence-corrected chi connectivity index (χ3v) is 4.08. The number of hydrogen-bond donors (Lipinski definition) is 1. The Morgan fingerprint density at radius 2 is 2.11 bits per heavy atom. The first-order valence-electron chi connectivity index (χ1n) is 6.60. The average Bonchev–Trinajstić information content (AvgIpc) is 2.49. The van der Waals surface area contributed by atoms with Gasteiger partial charge in [0.1, 0.15) is 5.60 Å². The first-order valence-corrected chi connectivity index (χ1v) is 6.60. The summed E-state index contributed by atoms with van der Waals surface area (Å²) in [7, 11) is 0. The fourth-order valence-electron chi connectivity index (χ4n) is 3.09. The molecule has 2 aromatic rings. The fourth-order valence-corrected chi connectivity index (χ4v) is 3.09. The van der Waals surface area contributed by atoms with Gasteiger partial charge in [0.25, 0.3) is 0 Å². The summed E-state index contributed by atoms with van der Waals surface area (Å²) in [5.41, 5.74) is 2.26. The van der Waals surface area contributed by atoms with Crippen molar-refractivity contribution in [1.82, 2.24) is 4.98 Å². The second kappa shape index (κ2) is 4.63. The van der Waals surface area contributed by atoms with Crippen LogP contribution in [0.15, 0.2) is 61.4 Å². The molecule has 0 fully saturated rings. The van der Waals surface area contributed by atoms with Gasteiger partial charge in [0.05, 0.1) is 0 Å². The molecule has 0 saturated heterocycles. The lowest BCUT2D eigenvalue weighted by Gasteiger charge is -2.39. The van der Waals surface area contributed by atoms with Crippen LogP contribution in [0.5, 0.6) is 0 Å². The van der Waals surface area contributed by atoms with Crippen molar-refractivity contribution in [3.63, 3.8) is 0 Å². The van der Waals surface area contributed by atoms with Gasteiger partial charge in [0.2, 0.25) is 0 Å². The van der Waals surface area contributed by atoms with Crippen LogP contribution in [-0.2, 0) is 12.0 Å². The van der Waals surface area contributed by atoms with Crippen LogP contribution in [0.2, 0.25) is 0 Å². The van der Waals surface area contributed by atoms with E-state index in [4.69, 9.17) is 0 Å². The SMILES string of the molecule is C=C[C@@]1(O)c2ccccc2CC[C@@H]1c1cccnc1. The maximum Gasteiger partial charge on any atom is 0.115 e. The third-order valence-electron chi connectivity index (χ3n) is 4.08. The highest BCUT2D eigenvalue weighted by atomic mass is 16.3. The molecule has 0 radical (unpaired) electrons. The topological polar surface area (TPSA) is 33.1 Å². The quantitative estimate of drug-likeness (QED) is 0.831. The second-order valence-corrected chi connectivity index (χ2v) is 5.06. The van der Waals surface area contributed by atoms with Gasteiger partial charge in [-0.2, -0.15) is 0 Å². The number of aromatic nitrogens is 1. The molecule has 0 bridgehead atoms. The Morgan fingerprint density at radius 3 is 2.84 bits per heavy atom. The normalized spacial score (nSPS) is 25.6. The van der Waals surface area contributed by atoms with Crippen LogP contribution >= 0.6 is 0 Å². The first-order chi connectivity index (χ1) is 9.25. The molecule has 2 nitrogen and oxygen atoms in total. The van der Waals surface area contributed by atoms with Crippen LogP contribution in [-0.4, -0.2) is 10.1 Å². The van der Waals surface area contributed by atoms with Crippen LogP contribution in [0, 0.1) is 0 Å². The lowest BCUT2D eigenvalue weighted by Crippen LogP contribution is -2.36. The van der Waals surface area contributed by atoms with E-state index in [1.54, 1.807) is 12.3 Å². The van der Waals surface area contributed by atoms with Gasteiger partial charge in [-0.15, -0.1) is 0 Å². The molecule has 0 spiro atoms. The summed E-state index contributed by atoms with van der Waals surface area (Å²) in [6.07, 6.45) is 7.15. The Bertz CT molecular complexity index is 593. The summed E-state index contributed by atoms with van der Waals surface area (Å²) < 4.78 is 0. The Hall–Kier alpha value is -1.93. The van der Waals surface area contributed by atoms with E-state index in [9.17, 15) is 5.11 Å². The van der Waals surface area contributed by atoms with Crippen molar-refractivity contribution in [2.45, 2.75) is 24.4 Å². The van der Waals surface area contributed by atoms with E-state index in [1.807, 2.05) is 36.5 Å². The predicted molar refractivity (Wildman–Crippen MR) is 75.8 cm³/mol. The van der Waals surface area contributed by atoms with E-state index in [0.717, 1.165) is 24.0 Å². The number of nitrogens with zero attached hydrogens (tertiary/aromatic N) is 1. The maximum atomic E-state index is 11.1. The first kappa shape index (κ1) is 12.1. The van der Waals surface area contributed by atoms with E-state index in [1.165, 1.54) is 5.56 Å². The molecule has 1 aliphatic rings. The lowest BCUT2D eigenvalue weighted by atomic mass is 9.69. The molecule has 0 amide bonds. The molecule has 0 aliphatic heterocycles. The minimum Gasteiger partial charge on any atom is -0.380 e. The Morgan fingerprint density at radius 1 is 1.26 bits per heavy atom. The van der Waals surface area contributed by atoms with Crippen LogP contribution in [0.4, 0.5) is 0 Å². The van der Waals surface area contributed by atoms with Gasteiger partial charge in [-0.3, -0.25) is 4.98 Å². The van der Waals surface area contributed by atoms with Gasteiger partial charge in [0.15, 0.2) is 0 Å². The van der Waals surface area contributed by atoms with Crippen LogP contribution in [0.1, 0.15) is 29.0 Å². The number of rotatable bonds is 2. The molecular weight excluding hydrogens is 234 g/mol. The highest BCUT2D eigenvalue weighted by molar-refractivity contribution is 5.42. The van der Waals surface area contributed by atoms with Gasteiger partial charge < -0.3 is 5.11 Å². The number of aliphatic hydroxyl groups is 1. The zero-order chi connectivity index (χ0) is 13.3. The van der Waals surface area contributed by atoms with E-state index in [0.29, 0.717) is 0 Å². The van der Waals surface area contributed by atoms with Gasteiger partial charge in [-0.25, -0.2) is 0 Å². The molecule has 1 aliphatic carbocycles. The molecule has 0 saturated carbocycles. The van der Waals surface area contributed by atoms with Crippen molar-refractivity contribution in [2.75, 3.05) is 0 Å². The lowest BCUT2D eigenvalue weighted by molar-refractivity contribution is 0.0467. The maximum absolute atomic E-state index is 11.1. The van der Waals surface area contributed by atoms with Crippen molar-refractivity contribution in [2.24, 2.45) is 0 Å². The van der Waals surface area contributed by atoms with E-state index >= 15 is 0 Å². The smallest absolute Gasteiger partial charge is 0.115 e. The largest absolute Gasteiger partial charge is 0.380 e. The number of fused-ring (bicyclic) bond motifs is 1. The number of aryl methyl sites for hydroxylation is 1. The van der Waals surface area contributed by atoms with Crippen LogP contribution < -0.4 is 0 Å². The molecular formula is C17H17NO. The minimum atomic E-state index is -1.00. The predicted octanol–water partition coefficient (Wildman–Crippen LogP) is 3.19. The molecule has 1 aromatic heterocycles. The van der Waals surface area contributed by atoms with Crippen LogP contribution in [0.25, 0.3) is 0 Å². The zero-order valence-corrected chi connectivity index (χ0v) is 10.8. The second-order valence-electron chi connectivity index (χ2n) is 5.06. The zero-order valence-electron chi connectivity index (χ0n) is 10.8. The Kier molecular flexibility index (Phi) is 2.96. The summed E-state index contributed by atoms with van der Waals surface area (Å²) in [6, 6.07) is 12.0.